The first-order valence-electron chi connectivity index (χ1n) is 12.9. The minimum absolute atomic E-state index is 0.0650. The van der Waals surface area contributed by atoms with Crippen molar-refractivity contribution in [1.82, 2.24) is 20.1 Å². The standard InChI is InChI=1S/C29H28F2N6O/c1-2-38-19-15-23(30)22(24(31)16-19)17-37-26-10-6-4-8-21(26)27(36-37)29-34-25-9-5-3-7-20(25)28(35-29)33-18-11-13-32-14-12-18/h4,6,8,10-16,25H,2-3,5,7,9,17H2,1H3,(H,32,33)(H,34,35). The van der Waals surface area contributed by atoms with E-state index in [-0.39, 0.29) is 23.9 Å². The number of amidine groups is 1. The lowest BCUT2D eigenvalue weighted by Crippen LogP contribution is -2.42. The Hall–Kier alpha value is -4.27. The van der Waals surface area contributed by atoms with E-state index in [2.05, 4.69) is 15.6 Å². The molecule has 1 unspecified atom stereocenters. The van der Waals surface area contributed by atoms with Gasteiger partial charge in [-0.05, 0) is 50.0 Å². The lowest BCUT2D eigenvalue weighted by Gasteiger charge is -2.32. The normalized spacial score (nSPS) is 17.1. The van der Waals surface area contributed by atoms with Gasteiger partial charge >= 0.3 is 0 Å². The monoisotopic (exact) mass is 514 g/mol. The van der Waals surface area contributed by atoms with Crippen LogP contribution >= 0.6 is 0 Å². The minimum Gasteiger partial charge on any atom is -0.494 e. The maximum atomic E-state index is 14.9. The Morgan fingerprint density at radius 2 is 1.87 bits per heavy atom. The molecule has 1 saturated carbocycles. The summed E-state index contributed by atoms with van der Waals surface area (Å²) in [6.45, 7) is 2.03. The predicted octanol–water partition coefficient (Wildman–Crippen LogP) is 5.77. The van der Waals surface area contributed by atoms with Crippen LogP contribution < -0.4 is 15.4 Å². The Bertz CT molecular complexity index is 1520. The van der Waals surface area contributed by atoms with E-state index in [0.717, 1.165) is 48.1 Å². The maximum Gasteiger partial charge on any atom is 0.157 e. The molecule has 1 aliphatic heterocycles. The van der Waals surface area contributed by atoms with Crippen molar-refractivity contribution in [2.24, 2.45) is 4.99 Å². The molecule has 38 heavy (non-hydrogen) atoms. The Balaban J connectivity index is 1.41. The SMILES string of the molecule is CCOc1cc(F)c(Cn2nc(C3=NC(Nc4ccncc4)=C4CCCCC4N3)c3ccccc32)c(F)c1. The number of fused-ring (bicyclic) bond motifs is 2. The molecule has 194 valence electrons. The summed E-state index contributed by atoms with van der Waals surface area (Å²) in [5, 5.41) is 12.8. The van der Waals surface area contributed by atoms with Crippen molar-refractivity contribution in [3.63, 3.8) is 0 Å². The van der Waals surface area contributed by atoms with Gasteiger partial charge in [0, 0.05) is 41.2 Å². The number of ether oxygens (including phenoxy) is 1. The smallest absolute Gasteiger partial charge is 0.157 e. The highest BCUT2D eigenvalue weighted by Crippen LogP contribution is 2.32. The molecule has 3 heterocycles. The third-order valence-corrected chi connectivity index (χ3v) is 7.01. The molecule has 2 N–H and O–H groups in total. The van der Waals surface area contributed by atoms with E-state index < -0.39 is 11.6 Å². The van der Waals surface area contributed by atoms with Gasteiger partial charge in [-0.2, -0.15) is 5.10 Å². The zero-order valence-electron chi connectivity index (χ0n) is 21.0. The lowest BCUT2D eigenvalue weighted by atomic mass is 9.88. The van der Waals surface area contributed by atoms with Gasteiger partial charge in [-0.1, -0.05) is 24.6 Å². The molecular formula is C29H28F2N6O. The van der Waals surface area contributed by atoms with Crippen LogP contribution in [0.1, 0.15) is 43.9 Å². The molecule has 2 aromatic heterocycles. The summed E-state index contributed by atoms with van der Waals surface area (Å²) in [6, 6.07) is 14.1. The second kappa shape index (κ2) is 10.2. The summed E-state index contributed by atoms with van der Waals surface area (Å²) in [6.07, 6.45) is 7.70. The van der Waals surface area contributed by atoms with Gasteiger partial charge in [-0.3, -0.25) is 9.67 Å². The van der Waals surface area contributed by atoms with Gasteiger partial charge in [0.25, 0.3) is 0 Å². The van der Waals surface area contributed by atoms with Crippen LogP contribution in [-0.4, -0.2) is 33.2 Å². The van der Waals surface area contributed by atoms with Gasteiger partial charge in [-0.25, -0.2) is 13.8 Å². The molecule has 0 amide bonds. The average molecular weight is 515 g/mol. The Morgan fingerprint density at radius 1 is 1.08 bits per heavy atom. The van der Waals surface area contributed by atoms with E-state index in [9.17, 15) is 8.78 Å². The zero-order chi connectivity index (χ0) is 26.1. The molecule has 1 aliphatic carbocycles. The molecule has 9 heteroatoms. The molecule has 0 bridgehead atoms. The Morgan fingerprint density at radius 3 is 2.66 bits per heavy atom. The zero-order valence-corrected chi connectivity index (χ0v) is 21.0. The molecule has 4 aromatic rings. The number of nitrogens with one attached hydrogen (secondary N) is 2. The summed E-state index contributed by atoms with van der Waals surface area (Å²) in [4.78, 5) is 9.09. The summed E-state index contributed by atoms with van der Waals surface area (Å²) >= 11 is 0. The predicted molar refractivity (Wildman–Crippen MR) is 143 cm³/mol. The van der Waals surface area contributed by atoms with Crippen molar-refractivity contribution in [3.8, 4) is 5.75 Å². The summed E-state index contributed by atoms with van der Waals surface area (Å²) in [5.74, 6) is 0.293. The van der Waals surface area contributed by atoms with Crippen LogP contribution in [0.15, 0.2) is 77.3 Å². The fraction of sp³-hybridized carbons (Fsp3) is 0.276. The second-order valence-corrected chi connectivity index (χ2v) is 9.46. The number of halogens is 2. The summed E-state index contributed by atoms with van der Waals surface area (Å²) in [7, 11) is 0. The van der Waals surface area contributed by atoms with Crippen LogP contribution in [0.5, 0.6) is 5.75 Å². The minimum atomic E-state index is -0.665. The lowest BCUT2D eigenvalue weighted by molar-refractivity contribution is 0.335. The molecule has 2 aliphatic rings. The molecule has 2 aromatic carbocycles. The van der Waals surface area contributed by atoms with Gasteiger partial charge in [0.1, 0.15) is 28.9 Å². The molecule has 6 rings (SSSR count). The van der Waals surface area contributed by atoms with Gasteiger partial charge < -0.3 is 15.4 Å². The number of rotatable bonds is 7. The molecule has 0 spiro atoms. The van der Waals surface area contributed by atoms with E-state index in [1.54, 1.807) is 24.0 Å². The molecule has 1 fully saturated rings. The van der Waals surface area contributed by atoms with Crippen molar-refractivity contribution in [3.05, 3.63) is 95.2 Å². The van der Waals surface area contributed by atoms with E-state index in [4.69, 9.17) is 14.8 Å². The highest BCUT2D eigenvalue weighted by molar-refractivity contribution is 6.09. The van der Waals surface area contributed by atoms with Crippen LogP contribution in [0.25, 0.3) is 10.9 Å². The van der Waals surface area contributed by atoms with Gasteiger partial charge in [0.05, 0.1) is 24.7 Å². The maximum absolute atomic E-state index is 14.9. The molecule has 0 radical (unpaired) electrons. The van der Waals surface area contributed by atoms with Crippen LogP contribution in [-0.2, 0) is 6.54 Å². The van der Waals surface area contributed by atoms with Crippen molar-refractivity contribution < 1.29 is 13.5 Å². The first kappa shape index (κ1) is 24.1. The highest BCUT2D eigenvalue weighted by atomic mass is 19.1. The van der Waals surface area contributed by atoms with Crippen LogP contribution in [0.3, 0.4) is 0 Å². The molecule has 1 atom stereocenters. The first-order chi connectivity index (χ1) is 18.6. The number of aliphatic imine (C=N–C) groups is 1. The summed E-state index contributed by atoms with van der Waals surface area (Å²) < 4.78 is 36.7. The van der Waals surface area contributed by atoms with E-state index in [1.165, 1.54) is 17.7 Å². The van der Waals surface area contributed by atoms with Crippen molar-refractivity contribution in [2.75, 3.05) is 11.9 Å². The van der Waals surface area contributed by atoms with Gasteiger partial charge in [-0.15, -0.1) is 0 Å². The average Bonchev–Trinajstić information content (AvgIpc) is 3.30. The molecular weight excluding hydrogens is 486 g/mol. The number of hydrogen-bond acceptors (Lipinski definition) is 6. The van der Waals surface area contributed by atoms with Crippen molar-refractivity contribution in [1.29, 1.82) is 0 Å². The Labute approximate surface area is 219 Å². The van der Waals surface area contributed by atoms with Gasteiger partial charge in [0.2, 0.25) is 0 Å². The third-order valence-electron chi connectivity index (χ3n) is 7.01. The Kier molecular flexibility index (Phi) is 6.49. The third kappa shape index (κ3) is 4.60. The van der Waals surface area contributed by atoms with E-state index in [0.29, 0.717) is 18.1 Å². The quantitative estimate of drug-likeness (QED) is 0.327. The van der Waals surface area contributed by atoms with Crippen molar-refractivity contribution >= 4 is 22.4 Å². The topological polar surface area (TPSA) is 76.4 Å². The number of anilines is 1. The van der Waals surface area contributed by atoms with Crippen LogP contribution in [0.2, 0.25) is 0 Å². The summed E-state index contributed by atoms with van der Waals surface area (Å²) in [5.41, 5.74) is 3.50. The number of benzene rings is 2. The van der Waals surface area contributed by atoms with Crippen LogP contribution in [0, 0.1) is 11.6 Å². The number of hydrogen-bond donors (Lipinski definition) is 2. The first-order valence-corrected chi connectivity index (χ1v) is 12.9. The second-order valence-electron chi connectivity index (χ2n) is 9.46. The number of aromatic nitrogens is 3. The fourth-order valence-corrected chi connectivity index (χ4v) is 5.19. The van der Waals surface area contributed by atoms with E-state index in [1.807, 2.05) is 36.4 Å². The number of pyridine rings is 1. The largest absolute Gasteiger partial charge is 0.494 e. The number of para-hydroxylation sites is 1. The molecule has 7 nitrogen and oxygen atoms in total. The highest BCUT2D eigenvalue weighted by Gasteiger charge is 2.30. The van der Waals surface area contributed by atoms with E-state index >= 15 is 0 Å². The number of nitrogens with zero attached hydrogens (tertiary/aromatic N) is 4. The molecule has 0 saturated heterocycles. The van der Waals surface area contributed by atoms with Gasteiger partial charge in [0.15, 0.2) is 5.84 Å². The van der Waals surface area contributed by atoms with Crippen LogP contribution in [0.4, 0.5) is 14.5 Å². The fourth-order valence-electron chi connectivity index (χ4n) is 5.19. The van der Waals surface area contributed by atoms with Crippen molar-refractivity contribution in [2.45, 2.75) is 45.2 Å².